The number of carbonyl (C=O) groups is 2. The minimum absolute atomic E-state index is 0.00658. The van der Waals surface area contributed by atoms with Crippen LogP contribution in [0.4, 0.5) is 5.69 Å². The minimum Gasteiger partial charge on any atom is -0.496 e. The van der Waals surface area contributed by atoms with Gasteiger partial charge in [-0.15, -0.1) is 0 Å². The zero-order valence-corrected chi connectivity index (χ0v) is 20.3. The molecule has 182 valence electrons. The summed E-state index contributed by atoms with van der Waals surface area (Å²) in [7, 11) is 1.53. The number of hydrogen-bond acceptors (Lipinski definition) is 7. The highest BCUT2D eigenvalue weighted by Crippen LogP contribution is 2.37. The SMILES string of the molecule is CCOc1ccc(NC2=C(c3ccccc3OC)C(=O)N(CCOC(C)C)C2=O)cc1OCC. The molecule has 0 radical (unpaired) electrons. The van der Waals surface area contributed by atoms with E-state index in [2.05, 4.69) is 5.32 Å². The Kier molecular flexibility index (Phi) is 8.54. The van der Waals surface area contributed by atoms with Crippen LogP contribution in [0.3, 0.4) is 0 Å². The molecule has 3 rings (SSSR count). The van der Waals surface area contributed by atoms with E-state index in [0.29, 0.717) is 41.7 Å². The van der Waals surface area contributed by atoms with Crippen molar-refractivity contribution in [2.24, 2.45) is 0 Å². The molecule has 2 aromatic rings. The Bertz CT molecular complexity index is 1060. The molecule has 0 atom stereocenters. The number of ether oxygens (including phenoxy) is 4. The molecule has 0 bridgehead atoms. The third kappa shape index (κ3) is 5.51. The molecule has 1 aliphatic rings. The predicted molar refractivity (Wildman–Crippen MR) is 130 cm³/mol. The molecular formula is C26H32N2O6. The Balaban J connectivity index is 2.02. The van der Waals surface area contributed by atoms with Crippen molar-refractivity contribution in [2.75, 3.05) is 38.8 Å². The number of rotatable bonds is 12. The molecule has 0 fully saturated rings. The van der Waals surface area contributed by atoms with Crippen LogP contribution in [0.25, 0.3) is 5.57 Å². The highest BCUT2D eigenvalue weighted by molar-refractivity contribution is 6.37. The second-order valence-corrected chi connectivity index (χ2v) is 7.78. The van der Waals surface area contributed by atoms with Gasteiger partial charge in [0.15, 0.2) is 11.5 Å². The molecule has 8 heteroatoms. The van der Waals surface area contributed by atoms with E-state index in [9.17, 15) is 9.59 Å². The molecule has 1 heterocycles. The van der Waals surface area contributed by atoms with E-state index in [1.165, 1.54) is 12.0 Å². The summed E-state index contributed by atoms with van der Waals surface area (Å²) in [6, 6.07) is 12.4. The second-order valence-electron chi connectivity index (χ2n) is 7.78. The number of nitrogens with zero attached hydrogens (tertiary/aromatic N) is 1. The lowest BCUT2D eigenvalue weighted by molar-refractivity contribution is -0.137. The van der Waals surface area contributed by atoms with Gasteiger partial charge in [-0.25, -0.2) is 0 Å². The van der Waals surface area contributed by atoms with Crippen LogP contribution in [0.2, 0.25) is 0 Å². The molecule has 34 heavy (non-hydrogen) atoms. The molecule has 0 aromatic heterocycles. The van der Waals surface area contributed by atoms with E-state index < -0.39 is 11.8 Å². The lowest BCUT2D eigenvalue weighted by atomic mass is 10.0. The highest BCUT2D eigenvalue weighted by Gasteiger charge is 2.40. The summed E-state index contributed by atoms with van der Waals surface area (Å²) in [6.07, 6.45) is -0.00658. The van der Waals surface area contributed by atoms with E-state index in [-0.39, 0.29) is 30.5 Å². The average molecular weight is 469 g/mol. The van der Waals surface area contributed by atoms with Crippen molar-refractivity contribution in [3.63, 3.8) is 0 Å². The number of benzene rings is 2. The first-order valence-corrected chi connectivity index (χ1v) is 11.4. The first-order chi connectivity index (χ1) is 16.4. The maximum absolute atomic E-state index is 13.4. The third-order valence-corrected chi connectivity index (χ3v) is 5.12. The van der Waals surface area contributed by atoms with Crippen molar-refractivity contribution in [2.45, 2.75) is 33.8 Å². The molecule has 2 amide bonds. The lowest BCUT2D eigenvalue weighted by Gasteiger charge is -2.17. The molecule has 2 aromatic carbocycles. The van der Waals surface area contributed by atoms with Gasteiger partial charge in [-0.1, -0.05) is 18.2 Å². The van der Waals surface area contributed by atoms with Gasteiger partial charge in [0.25, 0.3) is 11.8 Å². The smallest absolute Gasteiger partial charge is 0.278 e. The van der Waals surface area contributed by atoms with Gasteiger partial charge in [-0.3, -0.25) is 14.5 Å². The fraction of sp³-hybridized carbons (Fsp3) is 0.385. The van der Waals surface area contributed by atoms with E-state index in [1.807, 2.05) is 33.8 Å². The summed E-state index contributed by atoms with van der Waals surface area (Å²) in [5.41, 5.74) is 1.55. The number of anilines is 1. The summed E-state index contributed by atoms with van der Waals surface area (Å²) in [4.78, 5) is 28.0. The van der Waals surface area contributed by atoms with Crippen LogP contribution in [-0.4, -0.2) is 56.3 Å². The van der Waals surface area contributed by atoms with E-state index >= 15 is 0 Å². The number of imide groups is 1. The van der Waals surface area contributed by atoms with Crippen molar-refractivity contribution in [1.29, 1.82) is 0 Å². The van der Waals surface area contributed by atoms with Crippen molar-refractivity contribution in [3.05, 3.63) is 53.7 Å². The van der Waals surface area contributed by atoms with Crippen LogP contribution in [0, 0.1) is 0 Å². The number of amides is 2. The summed E-state index contributed by atoms with van der Waals surface area (Å²) in [5.74, 6) is 0.827. The van der Waals surface area contributed by atoms with Crippen LogP contribution in [0.5, 0.6) is 17.2 Å². The normalized spacial score (nSPS) is 13.6. The van der Waals surface area contributed by atoms with Crippen LogP contribution >= 0.6 is 0 Å². The van der Waals surface area contributed by atoms with Crippen molar-refractivity contribution in [3.8, 4) is 17.2 Å². The third-order valence-electron chi connectivity index (χ3n) is 5.12. The summed E-state index contributed by atoms with van der Waals surface area (Å²) in [5, 5.41) is 3.15. The topological polar surface area (TPSA) is 86.3 Å². The Morgan fingerprint density at radius 1 is 0.912 bits per heavy atom. The Morgan fingerprint density at radius 3 is 2.29 bits per heavy atom. The molecule has 1 aliphatic heterocycles. The van der Waals surface area contributed by atoms with Gasteiger partial charge in [0.1, 0.15) is 11.4 Å². The van der Waals surface area contributed by atoms with E-state index in [0.717, 1.165) is 0 Å². The van der Waals surface area contributed by atoms with Gasteiger partial charge >= 0.3 is 0 Å². The van der Waals surface area contributed by atoms with Crippen LogP contribution in [0.15, 0.2) is 48.2 Å². The quantitative estimate of drug-likeness (QED) is 0.469. The largest absolute Gasteiger partial charge is 0.496 e. The number of nitrogens with one attached hydrogen (secondary N) is 1. The minimum atomic E-state index is -0.426. The molecule has 1 N–H and O–H groups in total. The Hall–Kier alpha value is -3.52. The standard InChI is InChI=1S/C26H32N2O6/c1-6-32-21-13-12-18(16-22(21)33-7-2)27-24-23(19-10-8-9-11-20(19)31-5)25(29)28(26(24)30)14-15-34-17(3)4/h8-13,16-17,27H,6-7,14-15H2,1-5H3. The number of methoxy groups -OCH3 is 1. The van der Waals surface area contributed by atoms with Crippen LogP contribution in [0.1, 0.15) is 33.3 Å². The van der Waals surface area contributed by atoms with Crippen molar-refractivity contribution in [1.82, 2.24) is 4.90 Å². The zero-order chi connectivity index (χ0) is 24.7. The molecule has 0 saturated heterocycles. The molecule has 0 unspecified atom stereocenters. The molecular weight excluding hydrogens is 436 g/mol. The van der Waals surface area contributed by atoms with Gasteiger partial charge in [0, 0.05) is 17.3 Å². The Labute approximate surface area is 200 Å². The van der Waals surface area contributed by atoms with Gasteiger partial charge in [0.2, 0.25) is 0 Å². The fourth-order valence-electron chi connectivity index (χ4n) is 3.65. The van der Waals surface area contributed by atoms with Crippen LogP contribution < -0.4 is 19.5 Å². The summed E-state index contributed by atoms with van der Waals surface area (Å²) < 4.78 is 22.4. The fourth-order valence-corrected chi connectivity index (χ4v) is 3.65. The lowest BCUT2D eigenvalue weighted by Crippen LogP contribution is -2.35. The Morgan fingerprint density at radius 2 is 1.62 bits per heavy atom. The van der Waals surface area contributed by atoms with Gasteiger partial charge in [0.05, 0.1) is 45.2 Å². The summed E-state index contributed by atoms with van der Waals surface area (Å²) >= 11 is 0. The first-order valence-electron chi connectivity index (χ1n) is 11.4. The van der Waals surface area contributed by atoms with Crippen molar-refractivity contribution >= 4 is 23.1 Å². The zero-order valence-electron chi connectivity index (χ0n) is 20.3. The van der Waals surface area contributed by atoms with E-state index in [1.54, 1.807) is 36.4 Å². The second kappa shape index (κ2) is 11.6. The molecule has 8 nitrogen and oxygen atoms in total. The van der Waals surface area contributed by atoms with Crippen LogP contribution in [-0.2, 0) is 14.3 Å². The number of carbonyl (C=O) groups excluding carboxylic acids is 2. The first kappa shape index (κ1) is 25.1. The van der Waals surface area contributed by atoms with Gasteiger partial charge < -0.3 is 24.3 Å². The molecule has 0 spiro atoms. The monoisotopic (exact) mass is 468 g/mol. The number of hydrogen-bond donors (Lipinski definition) is 1. The number of para-hydroxylation sites is 1. The van der Waals surface area contributed by atoms with Crippen molar-refractivity contribution < 1.29 is 28.5 Å². The average Bonchev–Trinajstić information content (AvgIpc) is 3.04. The maximum Gasteiger partial charge on any atom is 0.278 e. The predicted octanol–water partition coefficient (Wildman–Crippen LogP) is 4.11. The van der Waals surface area contributed by atoms with Gasteiger partial charge in [-0.05, 0) is 45.9 Å². The van der Waals surface area contributed by atoms with E-state index in [4.69, 9.17) is 18.9 Å². The molecule has 0 saturated carbocycles. The summed E-state index contributed by atoms with van der Waals surface area (Å²) in [6.45, 7) is 8.94. The molecule has 0 aliphatic carbocycles. The maximum atomic E-state index is 13.4. The van der Waals surface area contributed by atoms with Gasteiger partial charge in [-0.2, -0.15) is 0 Å². The highest BCUT2D eigenvalue weighted by atomic mass is 16.5.